The van der Waals surface area contributed by atoms with Crippen LogP contribution in [0.4, 0.5) is 0 Å². The Morgan fingerprint density at radius 2 is 2.15 bits per heavy atom. The van der Waals surface area contributed by atoms with Crippen molar-refractivity contribution >= 4 is 5.91 Å². The first-order chi connectivity index (χ1) is 9.61. The van der Waals surface area contributed by atoms with Gasteiger partial charge in [0.05, 0.1) is 6.61 Å². The van der Waals surface area contributed by atoms with Crippen LogP contribution in [0, 0.1) is 6.92 Å². The van der Waals surface area contributed by atoms with Crippen molar-refractivity contribution in [2.45, 2.75) is 39.2 Å². The molecule has 0 fully saturated rings. The lowest BCUT2D eigenvalue weighted by Gasteiger charge is -2.11. The normalized spacial score (nSPS) is 11.9. The zero-order valence-electron chi connectivity index (χ0n) is 12.7. The first kappa shape index (κ1) is 16.5. The van der Waals surface area contributed by atoms with Gasteiger partial charge in [-0.25, -0.2) is 0 Å². The number of nitrogens with one attached hydrogen (secondary N) is 2. The molecule has 20 heavy (non-hydrogen) atoms. The summed E-state index contributed by atoms with van der Waals surface area (Å²) in [6.45, 7) is 5.41. The molecule has 1 aromatic carbocycles. The van der Waals surface area contributed by atoms with Gasteiger partial charge in [-0.3, -0.25) is 4.79 Å². The number of aryl methyl sites for hydroxylation is 1. The zero-order valence-corrected chi connectivity index (χ0v) is 12.7. The van der Waals surface area contributed by atoms with Crippen LogP contribution in [0.25, 0.3) is 0 Å². The van der Waals surface area contributed by atoms with Crippen molar-refractivity contribution in [3.8, 4) is 5.75 Å². The maximum atomic E-state index is 11.6. The van der Waals surface area contributed by atoms with Gasteiger partial charge in [0.2, 0.25) is 5.91 Å². The molecule has 112 valence electrons. The average molecular weight is 278 g/mol. The lowest BCUT2D eigenvalue weighted by molar-refractivity contribution is -0.121. The van der Waals surface area contributed by atoms with E-state index < -0.39 is 0 Å². The van der Waals surface area contributed by atoms with Gasteiger partial charge in [0.1, 0.15) is 5.75 Å². The van der Waals surface area contributed by atoms with Crippen LogP contribution >= 0.6 is 0 Å². The van der Waals surface area contributed by atoms with E-state index in [1.165, 1.54) is 5.56 Å². The number of hydrogen-bond donors (Lipinski definition) is 2. The van der Waals surface area contributed by atoms with E-state index >= 15 is 0 Å². The molecule has 0 heterocycles. The van der Waals surface area contributed by atoms with Crippen molar-refractivity contribution in [3.63, 3.8) is 0 Å². The molecule has 0 aliphatic heterocycles. The minimum absolute atomic E-state index is 0.114. The van der Waals surface area contributed by atoms with E-state index in [2.05, 4.69) is 10.6 Å². The predicted octanol–water partition coefficient (Wildman–Crippen LogP) is 2.27. The number of carbonyl (C=O) groups excluding carboxylic acids is 1. The second-order valence-corrected chi connectivity index (χ2v) is 5.12. The van der Waals surface area contributed by atoms with Gasteiger partial charge in [0, 0.05) is 19.0 Å². The molecule has 4 heteroatoms. The second-order valence-electron chi connectivity index (χ2n) is 5.12. The van der Waals surface area contributed by atoms with E-state index in [0.29, 0.717) is 25.6 Å². The number of unbranched alkanes of at least 4 members (excludes halogenated alkanes) is 1. The highest BCUT2D eigenvalue weighted by Crippen LogP contribution is 2.12. The van der Waals surface area contributed by atoms with Crippen LogP contribution in [0.15, 0.2) is 24.3 Å². The van der Waals surface area contributed by atoms with Crippen molar-refractivity contribution in [1.29, 1.82) is 0 Å². The molecule has 1 rings (SSSR count). The molecule has 1 amide bonds. The molecule has 0 aliphatic carbocycles. The van der Waals surface area contributed by atoms with Crippen LogP contribution in [0.1, 0.15) is 31.7 Å². The van der Waals surface area contributed by atoms with Crippen LogP contribution in [0.3, 0.4) is 0 Å². The zero-order chi connectivity index (χ0) is 14.8. The molecule has 1 atom stereocenters. The Balaban J connectivity index is 2.06. The highest BCUT2D eigenvalue weighted by atomic mass is 16.5. The Bertz CT molecular complexity index is 407. The molecular formula is C16H26N2O2. The van der Waals surface area contributed by atoms with Crippen LogP contribution in [-0.4, -0.2) is 32.1 Å². The maximum Gasteiger partial charge on any atom is 0.220 e. The van der Waals surface area contributed by atoms with E-state index in [4.69, 9.17) is 4.74 Å². The average Bonchev–Trinajstić information content (AvgIpc) is 2.44. The fraction of sp³-hybridized carbons (Fsp3) is 0.562. The van der Waals surface area contributed by atoms with Gasteiger partial charge < -0.3 is 15.4 Å². The smallest absolute Gasteiger partial charge is 0.220 e. The van der Waals surface area contributed by atoms with Gasteiger partial charge in [0.25, 0.3) is 0 Å². The predicted molar refractivity (Wildman–Crippen MR) is 82.1 cm³/mol. The number of likely N-dealkylation sites (N-methyl/N-ethyl adjacent to an activating group) is 1. The number of ether oxygens (including phenoxy) is 1. The number of benzene rings is 1. The summed E-state index contributed by atoms with van der Waals surface area (Å²) in [6.07, 6.45) is 2.31. The first-order valence-corrected chi connectivity index (χ1v) is 7.25. The monoisotopic (exact) mass is 278 g/mol. The summed E-state index contributed by atoms with van der Waals surface area (Å²) in [4.78, 5) is 11.6. The highest BCUT2D eigenvalue weighted by Gasteiger charge is 2.03. The lowest BCUT2D eigenvalue weighted by Crippen LogP contribution is -2.37. The summed E-state index contributed by atoms with van der Waals surface area (Å²) in [6, 6.07) is 8.32. The molecule has 1 unspecified atom stereocenters. The summed E-state index contributed by atoms with van der Waals surface area (Å²) in [5, 5.41) is 5.99. The van der Waals surface area contributed by atoms with Gasteiger partial charge >= 0.3 is 0 Å². The Morgan fingerprint density at radius 1 is 1.35 bits per heavy atom. The number of rotatable bonds is 9. The fourth-order valence-electron chi connectivity index (χ4n) is 1.74. The summed E-state index contributed by atoms with van der Waals surface area (Å²) in [5.74, 6) is 1.01. The first-order valence-electron chi connectivity index (χ1n) is 7.25. The highest BCUT2D eigenvalue weighted by molar-refractivity contribution is 5.75. The Hall–Kier alpha value is -1.55. The number of hydrogen-bond acceptors (Lipinski definition) is 3. The summed E-state index contributed by atoms with van der Waals surface area (Å²) < 4.78 is 5.64. The molecule has 2 N–H and O–H groups in total. The van der Waals surface area contributed by atoms with Gasteiger partial charge in [-0.2, -0.15) is 0 Å². The quantitative estimate of drug-likeness (QED) is 0.681. The van der Waals surface area contributed by atoms with Crippen LogP contribution in [0.2, 0.25) is 0 Å². The van der Waals surface area contributed by atoms with E-state index in [9.17, 15) is 4.79 Å². The maximum absolute atomic E-state index is 11.6. The molecule has 0 aromatic heterocycles. The Labute approximate surface area is 121 Å². The van der Waals surface area contributed by atoms with Crippen molar-refractivity contribution in [3.05, 3.63) is 29.8 Å². The molecule has 0 aliphatic rings. The molecule has 0 saturated heterocycles. The topological polar surface area (TPSA) is 50.4 Å². The third-order valence-corrected chi connectivity index (χ3v) is 3.15. The standard InChI is InChI=1S/C16H26N2O2/c1-13-7-6-8-15(11-13)20-10-5-4-9-16(19)18-12-14(2)17-3/h6-8,11,14,17H,4-5,9-10,12H2,1-3H3,(H,18,19). The van der Waals surface area contributed by atoms with E-state index in [1.54, 1.807) is 0 Å². The third kappa shape index (κ3) is 7.14. The van der Waals surface area contributed by atoms with Crippen LogP contribution in [0.5, 0.6) is 5.75 Å². The number of carbonyl (C=O) groups is 1. The van der Waals surface area contributed by atoms with Crippen LogP contribution in [-0.2, 0) is 4.79 Å². The molecule has 0 bridgehead atoms. The summed E-state index contributed by atoms with van der Waals surface area (Å²) in [7, 11) is 1.89. The summed E-state index contributed by atoms with van der Waals surface area (Å²) in [5.41, 5.74) is 1.19. The Morgan fingerprint density at radius 3 is 2.85 bits per heavy atom. The summed E-state index contributed by atoms with van der Waals surface area (Å²) >= 11 is 0. The minimum Gasteiger partial charge on any atom is -0.494 e. The van der Waals surface area contributed by atoms with Crippen molar-refractivity contribution in [1.82, 2.24) is 10.6 Å². The third-order valence-electron chi connectivity index (χ3n) is 3.15. The van der Waals surface area contributed by atoms with Crippen molar-refractivity contribution in [2.75, 3.05) is 20.2 Å². The van der Waals surface area contributed by atoms with E-state index in [1.807, 2.05) is 45.2 Å². The minimum atomic E-state index is 0.114. The van der Waals surface area contributed by atoms with Crippen molar-refractivity contribution < 1.29 is 9.53 Å². The van der Waals surface area contributed by atoms with E-state index in [0.717, 1.165) is 18.6 Å². The fourth-order valence-corrected chi connectivity index (χ4v) is 1.74. The number of amides is 1. The molecule has 0 radical (unpaired) electrons. The molecule has 0 saturated carbocycles. The van der Waals surface area contributed by atoms with Gasteiger partial charge in [0.15, 0.2) is 0 Å². The molecule has 1 aromatic rings. The van der Waals surface area contributed by atoms with Gasteiger partial charge in [-0.05, 0) is 51.4 Å². The largest absolute Gasteiger partial charge is 0.494 e. The van der Waals surface area contributed by atoms with Gasteiger partial charge in [-0.15, -0.1) is 0 Å². The van der Waals surface area contributed by atoms with E-state index in [-0.39, 0.29) is 5.91 Å². The SMILES string of the molecule is CNC(C)CNC(=O)CCCCOc1cccc(C)c1. The van der Waals surface area contributed by atoms with Crippen LogP contribution < -0.4 is 15.4 Å². The van der Waals surface area contributed by atoms with Gasteiger partial charge in [-0.1, -0.05) is 12.1 Å². The van der Waals surface area contributed by atoms with Crippen molar-refractivity contribution in [2.24, 2.45) is 0 Å². The molecule has 0 spiro atoms. The second kappa shape index (κ2) is 9.37. The Kier molecular flexibility index (Phi) is 7.73. The lowest BCUT2D eigenvalue weighted by atomic mass is 10.2. The molecule has 4 nitrogen and oxygen atoms in total. The molecular weight excluding hydrogens is 252 g/mol.